The lowest BCUT2D eigenvalue weighted by Gasteiger charge is -2.20. The zero-order valence-corrected chi connectivity index (χ0v) is 65.2. The lowest BCUT2D eigenvalue weighted by molar-refractivity contribution is -0.115. The van der Waals surface area contributed by atoms with Gasteiger partial charge in [0.2, 0.25) is 11.8 Å². The number of allylic oxidation sites excluding steroid dienone is 4. The highest BCUT2D eigenvalue weighted by molar-refractivity contribution is 6.17. The first kappa shape index (κ1) is 73.4. The number of amidine groups is 1. The Morgan fingerprint density at radius 2 is 0.828 bits per heavy atom. The van der Waals surface area contributed by atoms with Gasteiger partial charge in [-0.1, -0.05) is 157 Å². The van der Waals surface area contributed by atoms with Gasteiger partial charge in [-0.15, -0.1) is 5.10 Å². The minimum atomic E-state index is 0.183. The second kappa shape index (κ2) is 31.5. The molecule has 0 saturated heterocycles. The van der Waals surface area contributed by atoms with E-state index >= 15 is 0 Å². The van der Waals surface area contributed by atoms with Gasteiger partial charge in [-0.2, -0.15) is 15.3 Å². The summed E-state index contributed by atoms with van der Waals surface area (Å²) in [6, 6.07) is 69.3. The van der Waals surface area contributed by atoms with E-state index in [9.17, 15) is 19.2 Å². The molecule has 0 spiro atoms. The number of fused-ring (bicyclic) bond motifs is 9. The summed E-state index contributed by atoms with van der Waals surface area (Å²) in [5.74, 6) is 4.00. The molecule has 8 aliphatic rings. The van der Waals surface area contributed by atoms with E-state index in [-0.39, 0.29) is 23.1 Å². The van der Waals surface area contributed by atoms with Gasteiger partial charge in [-0.25, -0.2) is 14.4 Å². The standard InChI is InChI=1S/C26H20N4O.C24H22N4O.C24H21N3O.C23H19N3O2/c1-30-24-8-7-17(14-23(24)28-29-30)26-22-13-19-11-20(10-18(19)12-21(22)15-27-26)25(31)9-16-5-3-2-4-6-16;1-27(23-8-9-26-28(23)2)24-21-14-18-12-19(11-17(18)13-20(21)15-25-24)22(29)10-16-6-4-3-5-7-16;1-27-21(7-8-26-27)14-23-22-13-18-11-19(10-17(18)12-20(22)15-25-23)24(28)9-16-5-3-2-4-6-16;1-26-22(7-8-25-26)28-23-20-13-17-11-18(10-16(17)12-19(20)14-24-23)21(27)9-15-5-3-2-4-6-15/h2-8,11-14H,9-10,15H2,1H3;3-9,12-14H,10-11,15H2,1-2H3;2-8,11-13H,9-10,14-15H2,1H3;2-8,11-13H,9-10,14H2,1H3. The molecule has 4 aliphatic carbocycles. The Kier molecular flexibility index (Phi) is 19.9. The number of carbonyl (C=O) groups is 4. The van der Waals surface area contributed by atoms with Crippen LogP contribution in [0.15, 0.2) is 267 Å². The Morgan fingerprint density at radius 1 is 0.397 bits per heavy atom. The molecular weight excluding hydrogens is 1440 g/mol. The second-order valence-corrected chi connectivity index (χ2v) is 30.6. The van der Waals surface area contributed by atoms with Crippen molar-refractivity contribution in [2.75, 3.05) is 11.9 Å². The van der Waals surface area contributed by atoms with E-state index in [2.05, 4.69) is 108 Å². The van der Waals surface area contributed by atoms with E-state index in [0.717, 1.165) is 154 Å². The summed E-state index contributed by atoms with van der Waals surface area (Å²) < 4.78 is 13.1. The number of aryl methyl sites for hydroxylation is 4. The van der Waals surface area contributed by atoms with Crippen molar-refractivity contribution < 1.29 is 23.9 Å². The van der Waals surface area contributed by atoms with Crippen LogP contribution < -0.4 is 9.64 Å². The Labute approximate surface area is 671 Å². The van der Waals surface area contributed by atoms with E-state index in [1.807, 2.05) is 209 Å². The summed E-state index contributed by atoms with van der Waals surface area (Å²) in [4.78, 5) is 72.1. The molecule has 0 radical (unpaired) electrons. The van der Waals surface area contributed by atoms with Crippen molar-refractivity contribution >= 4 is 87.4 Å². The van der Waals surface area contributed by atoms with Crippen molar-refractivity contribution in [2.24, 2.45) is 48.2 Å². The minimum absolute atomic E-state index is 0.183. The first-order valence-electron chi connectivity index (χ1n) is 39.2. The van der Waals surface area contributed by atoms with Crippen LogP contribution in [0.1, 0.15) is 123 Å². The van der Waals surface area contributed by atoms with Gasteiger partial charge in [0.25, 0.3) is 0 Å². The number of hydrogen-bond acceptors (Lipinski definition) is 15. The molecule has 0 atom stereocenters. The third-order valence-corrected chi connectivity index (χ3v) is 22.8. The zero-order chi connectivity index (χ0) is 79.1. The molecule has 8 heterocycles. The summed E-state index contributed by atoms with van der Waals surface area (Å²) in [6.07, 6.45) is 18.9. The molecule has 0 fully saturated rings. The molecule has 0 amide bonds. The topological polar surface area (TPSA) is 214 Å². The van der Waals surface area contributed by atoms with Crippen LogP contribution in [-0.2, 0) is 131 Å². The highest BCUT2D eigenvalue weighted by atomic mass is 16.5. The van der Waals surface area contributed by atoms with Gasteiger partial charge in [0.15, 0.2) is 23.1 Å². The molecular formula is C97H82N14O5. The van der Waals surface area contributed by atoms with Gasteiger partial charge < -0.3 is 9.64 Å². The van der Waals surface area contributed by atoms with Gasteiger partial charge in [0, 0.05) is 173 Å². The number of rotatable bonds is 17. The summed E-state index contributed by atoms with van der Waals surface area (Å²) in [5.41, 5.74) is 32.7. The van der Waals surface area contributed by atoms with E-state index in [0.29, 0.717) is 76.4 Å². The van der Waals surface area contributed by atoms with Gasteiger partial charge in [0.05, 0.1) is 49.8 Å². The Hall–Kier alpha value is -14.1. The number of ether oxygens (including phenoxy) is 1. The molecule has 0 saturated carbocycles. The van der Waals surface area contributed by atoms with Gasteiger partial charge >= 0.3 is 0 Å². The smallest absolute Gasteiger partial charge is 0.224 e. The summed E-state index contributed by atoms with van der Waals surface area (Å²) in [7, 11) is 9.63. The fourth-order valence-electron chi connectivity index (χ4n) is 16.6. The molecule has 116 heavy (non-hydrogen) atoms. The van der Waals surface area contributed by atoms with Crippen LogP contribution in [0.25, 0.3) is 35.3 Å². The summed E-state index contributed by atoms with van der Waals surface area (Å²) in [5, 5.41) is 21.0. The van der Waals surface area contributed by atoms with Crippen molar-refractivity contribution in [2.45, 2.75) is 84.0 Å². The quantitative estimate of drug-likeness (QED) is 0.0836. The van der Waals surface area contributed by atoms with Crippen LogP contribution in [0, 0.1) is 0 Å². The van der Waals surface area contributed by atoms with Crippen LogP contribution in [0.3, 0.4) is 0 Å². The summed E-state index contributed by atoms with van der Waals surface area (Å²) >= 11 is 0. The van der Waals surface area contributed by atoms with Crippen LogP contribution in [0.4, 0.5) is 5.82 Å². The Bertz CT molecular complexity index is 6240. The van der Waals surface area contributed by atoms with Crippen LogP contribution >= 0.6 is 0 Å². The average molecular weight is 1520 g/mol. The molecule has 21 rings (SSSR count). The molecule has 4 aliphatic heterocycles. The number of anilines is 1. The largest absolute Gasteiger partial charge is 0.421 e. The predicted molar refractivity (Wildman–Crippen MR) is 454 cm³/mol. The average Bonchev–Trinajstić information content (AvgIpc) is 1.63. The number of aromatic nitrogens is 9. The van der Waals surface area contributed by atoms with Gasteiger partial charge in [0.1, 0.15) is 17.2 Å². The minimum Gasteiger partial charge on any atom is -0.421 e. The molecule has 570 valence electrons. The molecule has 0 N–H and O–H groups in total. The first-order chi connectivity index (χ1) is 56.6. The predicted octanol–water partition coefficient (Wildman–Crippen LogP) is 14.9. The second-order valence-electron chi connectivity index (χ2n) is 30.6. The highest BCUT2D eigenvalue weighted by Crippen LogP contribution is 2.39. The number of aliphatic imine (C=N–C) groups is 4. The van der Waals surface area contributed by atoms with Crippen molar-refractivity contribution in [3.05, 3.63) is 370 Å². The maximum Gasteiger partial charge on any atom is 0.224 e. The fraction of sp³-hybridized carbons (Fsp3) is 0.186. The number of carbonyl (C=O) groups excluding carboxylic acids is 4. The molecule has 9 aromatic carbocycles. The SMILES string of the molecule is CN(C1=NCc2cc3c(cc21)C=C(C(=O)Cc1ccccc1)C3)c1ccnn1C.Cn1nccc1CC1=NCc2cc3c(cc21)C=C(C(=O)Cc1ccccc1)C3.Cn1nccc1OC1=NCc2cc3c(cc21)C=C(C(=O)Cc1ccccc1)C3.Cn1nnc2cc(C3=NCc4cc5c(cc43)C=C(C(=O)Cc3ccccc3)C5)ccc21. The molecule has 4 aromatic heterocycles. The third-order valence-electron chi connectivity index (χ3n) is 22.8. The van der Waals surface area contributed by atoms with E-state index in [1.165, 1.54) is 44.5 Å². The zero-order valence-electron chi connectivity index (χ0n) is 65.2. The number of Topliss-reactive ketones (excluding diaryl/α,β-unsaturated/α-hetero) is 4. The maximum absolute atomic E-state index is 12.8. The Balaban J connectivity index is 0.000000107. The van der Waals surface area contributed by atoms with Crippen molar-refractivity contribution in [1.82, 2.24) is 44.3 Å². The van der Waals surface area contributed by atoms with Gasteiger partial charge in [-0.05, 0) is 156 Å². The molecule has 13 aromatic rings. The molecule has 19 heteroatoms. The van der Waals surface area contributed by atoms with E-state index in [4.69, 9.17) is 19.7 Å². The lowest BCUT2D eigenvalue weighted by Crippen LogP contribution is -2.28. The molecule has 0 unspecified atom stereocenters. The number of hydrogen-bond donors (Lipinski definition) is 0. The summed E-state index contributed by atoms with van der Waals surface area (Å²) in [6.45, 7) is 2.67. The monoisotopic (exact) mass is 1520 g/mol. The van der Waals surface area contributed by atoms with Crippen molar-refractivity contribution in [3.63, 3.8) is 0 Å². The number of nitrogens with zero attached hydrogens (tertiary/aromatic N) is 14. The normalized spacial score (nSPS) is 14.4. The maximum atomic E-state index is 12.8. The third kappa shape index (κ3) is 15.2. The van der Waals surface area contributed by atoms with Crippen LogP contribution in [0.5, 0.6) is 5.88 Å². The molecule has 19 nitrogen and oxygen atoms in total. The molecule has 0 bridgehead atoms. The number of ketones is 4. The first-order valence-corrected chi connectivity index (χ1v) is 39.2. The van der Waals surface area contributed by atoms with Crippen molar-refractivity contribution in [3.8, 4) is 5.88 Å². The lowest BCUT2D eigenvalue weighted by atomic mass is 9.95. The van der Waals surface area contributed by atoms with E-state index in [1.54, 1.807) is 21.8 Å². The van der Waals surface area contributed by atoms with Gasteiger partial charge in [-0.3, -0.25) is 43.5 Å². The fourth-order valence-corrected chi connectivity index (χ4v) is 16.6. The van der Waals surface area contributed by atoms with Crippen molar-refractivity contribution in [1.29, 1.82) is 0 Å². The van der Waals surface area contributed by atoms with E-state index < -0.39 is 0 Å². The van der Waals surface area contributed by atoms with Crippen LogP contribution in [-0.4, -0.2) is 97.7 Å². The Morgan fingerprint density at radius 3 is 1.32 bits per heavy atom. The number of benzene rings is 9. The van der Waals surface area contributed by atoms with Crippen LogP contribution in [0.2, 0.25) is 0 Å². The highest BCUT2D eigenvalue weighted by Gasteiger charge is 2.31.